The van der Waals surface area contributed by atoms with E-state index in [1.165, 1.54) is 12.0 Å². The number of nitrogens with one attached hydrogen (secondary N) is 1. The van der Waals surface area contributed by atoms with Gasteiger partial charge >= 0.3 is 5.97 Å². The molecule has 1 aromatic carbocycles. The van der Waals surface area contributed by atoms with Gasteiger partial charge in [-0.15, -0.1) is 11.3 Å². The third-order valence-corrected chi connectivity index (χ3v) is 4.76. The number of methoxy groups -OCH3 is 1. The van der Waals surface area contributed by atoms with Crippen LogP contribution in [-0.4, -0.2) is 13.1 Å². The highest BCUT2D eigenvalue weighted by Gasteiger charge is 2.12. The number of carbonyl (C=O) groups is 1. The lowest BCUT2D eigenvalue weighted by atomic mass is 10.2. The van der Waals surface area contributed by atoms with Crippen LogP contribution in [0.2, 0.25) is 0 Å². The van der Waals surface area contributed by atoms with Crippen LogP contribution in [0.25, 0.3) is 0 Å². The summed E-state index contributed by atoms with van der Waals surface area (Å²) in [6.07, 6.45) is 0. The van der Waals surface area contributed by atoms with Crippen LogP contribution in [0.15, 0.2) is 40.2 Å². The maximum Gasteiger partial charge on any atom is 0.337 e. The fraction of sp³-hybridized carbons (Fsp3) is 0.214. The summed E-state index contributed by atoms with van der Waals surface area (Å²) < 4.78 is 5.81. The quantitative estimate of drug-likeness (QED) is 0.835. The Bertz CT molecular complexity index is 582. The molecular weight excluding hydrogens is 326 g/mol. The van der Waals surface area contributed by atoms with Crippen LogP contribution >= 0.6 is 27.3 Å². The molecule has 0 saturated heterocycles. The molecule has 2 aromatic rings. The van der Waals surface area contributed by atoms with Crippen LogP contribution in [-0.2, 0) is 4.74 Å². The molecule has 1 aromatic heterocycles. The smallest absolute Gasteiger partial charge is 0.337 e. The molecular formula is C14H14BrNO2S. The molecule has 0 spiro atoms. The summed E-state index contributed by atoms with van der Waals surface area (Å²) in [7, 11) is 1.38. The maximum atomic E-state index is 11.5. The summed E-state index contributed by atoms with van der Waals surface area (Å²) in [6, 6.07) is 9.51. The number of rotatable bonds is 4. The number of carbonyl (C=O) groups excluding carboxylic acids is 1. The Morgan fingerprint density at radius 2 is 2.21 bits per heavy atom. The first kappa shape index (κ1) is 14.1. The third kappa shape index (κ3) is 3.36. The largest absolute Gasteiger partial charge is 0.465 e. The van der Waals surface area contributed by atoms with Crippen LogP contribution in [0, 0.1) is 0 Å². The summed E-state index contributed by atoms with van der Waals surface area (Å²) >= 11 is 5.22. The topological polar surface area (TPSA) is 38.3 Å². The van der Waals surface area contributed by atoms with Gasteiger partial charge in [0.15, 0.2) is 0 Å². The zero-order chi connectivity index (χ0) is 13.8. The van der Waals surface area contributed by atoms with Crippen molar-refractivity contribution in [3.05, 3.63) is 50.6 Å². The van der Waals surface area contributed by atoms with Crippen molar-refractivity contribution in [1.29, 1.82) is 0 Å². The van der Waals surface area contributed by atoms with Crippen molar-refractivity contribution in [1.82, 2.24) is 0 Å². The Morgan fingerprint density at radius 1 is 1.42 bits per heavy atom. The third-order valence-electron chi connectivity index (χ3n) is 2.70. The molecule has 0 aliphatic heterocycles. The van der Waals surface area contributed by atoms with Gasteiger partial charge in [-0.05, 0) is 52.5 Å². The molecule has 100 valence electrons. The molecule has 0 bridgehead atoms. The van der Waals surface area contributed by atoms with Gasteiger partial charge in [-0.25, -0.2) is 4.79 Å². The van der Waals surface area contributed by atoms with Crippen molar-refractivity contribution < 1.29 is 9.53 Å². The first-order chi connectivity index (χ1) is 9.11. The fourth-order valence-electron chi connectivity index (χ4n) is 1.78. The van der Waals surface area contributed by atoms with Crippen molar-refractivity contribution >= 4 is 38.9 Å². The molecule has 0 aliphatic rings. The monoisotopic (exact) mass is 339 g/mol. The molecule has 19 heavy (non-hydrogen) atoms. The first-order valence-corrected chi connectivity index (χ1v) is 7.47. The number of thiophene rings is 1. The lowest BCUT2D eigenvalue weighted by molar-refractivity contribution is 0.0601. The first-order valence-electron chi connectivity index (χ1n) is 5.79. The van der Waals surface area contributed by atoms with E-state index in [2.05, 4.69) is 28.2 Å². The molecule has 3 nitrogen and oxygen atoms in total. The Morgan fingerprint density at radius 3 is 2.84 bits per heavy atom. The average Bonchev–Trinajstić information content (AvgIpc) is 2.84. The van der Waals surface area contributed by atoms with Gasteiger partial charge in [0.25, 0.3) is 0 Å². The normalized spacial score (nSPS) is 11.9. The van der Waals surface area contributed by atoms with E-state index in [1.54, 1.807) is 23.5 Å². The minimum absolute atomic E-state index is 0.169. The van der Waals surface area contributed by atoms with Crippen LogP contribution < -0.4 is 5.32 Å². The standard InChI is InChI=1S/C14H14BrNO2S/c1-9(13-12(15)6-7-19-13)16-11-5-3-4-10(8-11)14(17)18-2/h3-9,16H,1-2H3. The van der Waals surface area contributed by atoms with Crippen LogP contribution in [0.4, 0.5) is 5.69 Å². The van der Waals surface area contributed by atoms with Gasteiger partial charge in [0.05, 0.1) is 18.7 Å². The van der Waals surface area contributed by atoms with Crippen molar-refractivity contribution in [3.8, 4) is 0 Å². The molecule has 2 rings (SSSR count). The van der Waals surface area contributed by atoms with Gasteiger partial charge in [0.1, 0.15) is 0 Å². The Hall–Kier alpha value is -1.33. The predicted molar refractivity (Wildman–Crippen MR) is 81.8 cm³/mol. The minimum atomic E-state index is -0.325. The molecule has 0 radical (unpaired) electrons. The molecule has 1 heterocycles. The van der Waals surface area contributed by atoms with E-state index in [4.69, 9.17) is 4.74 Å². The number of benzene rings is 1. The van der Waals surface area contributed by atoms with Gasteiger partial charge < -0.3 is 10.1 Å². The molecule has 5 heteroatoms. The molecule has 1 atom stereocenters. The lowest BCUT2D eigenvalue weighted by Gasteiger charge is -2.15. The number of hydrogen-bond donors (Lipinski definition) is 1. The zero-order valence-corrected chi connectivity index (χ0v) is 13.0. The van der Waals surface area contributed by atoms with Gasteiger partial charge in [-0.2, -0.15) is 0 Å². The van der Waals surface area contributed by atoms with Gasteiger partial charge in [-0.1, -0.05) is 6.07 Å². The summed E-state index contributed by atoms with van der Waals surface area (Å²) in [5.74, 6) is -0.325. The van der Waals surface area contributed by atoms with E-state index < -0.39 is 0 Å². The zero-order valence-electron chi connectivity index (χ0n) is 10.6. The Labute approximate surface area is 124 Å². The van der Waals surface area contributed by atoms with Crippen molar-refractivity contribution in [2.24, 2.45) is 0 Å². The maximum absolute atomic E-state index is 11.5. The average molecular weight is 340 g/mol. The Balaban J connectivity index is 2.15. The second-order valence-corrected chi connectivity index (χ2v) is 5.87. The number of esters is 1. The number of hydrogen-bond acceptors (Lipinski definition) is 4. The summed E-state index contributed by atoms with van der Waals surface area (Å²) in [5, 5.41) is 5.42. The summed E-state index contributed by atoms with van der Waals surface area (Å²) in [5.41, 5.74) is 1.45. The summed E-state index contributed by atoms with van der Waals surface area (Å²) in [4.78, 5) is 12.7. The number of ether oxygens (including phenoxy) is 1. The van der Waals surface area contributed by atoms with E-state index in [0.29, 0.717) is 5.56 Å². The highest BCUT2D eigenvalue weighted by molar-refractivity contribution is 9.10. The molecule has 1 N–H and O–H groups in total. The second-order valence-electron chi connectivity index (χ2n) is 4.07. The van der Waals surface area contributed by atoms with Crippen LogP contribution in [0.3, 0.4) is 0 Å². The number of anilines is 1. The fourth-order valence-corrected chi connectivity index (χ4v) is 3.51. The van der Waals surface area contributed by atoms with E-state index in [-0.39, 0.29) is 12.0 Å². The van der Waals surface area contributed by atoms with Gasteiger partial charge in [-0.3, -0.25) is 0 Å². The highest BCUT2D eigenvalue weighted by atomic mass is 79.9. The predicted octanol–water partition coefficient (Wildman–Crippen LogP) is 4.47. The van der Waals surface area contributed by atoms with Crippen LogP contribution in [0.1, 0.15) is 28.2 Å². The van der Waals surface area contributed by atoms with E-state index in [1.807, 2.05) is 23.6 Å². The molecule has 0 amide bonds. The molecule has 0 saturated carbocycles. The highest BCUT2D eigenvalue weighted by Crippen LogP contribution is 2.31. The SMILES string of the molecule is COC(=O)c1cccc(NC(C)c2sccc2Br)c1. The number of halogens is 1. The van der Waals surface area contributed by atoms with Crippen LogP contribution in [0.5, 0.6) is 0 Å². The van der Waals surface area contributed by atoms with E-state index >= 15 is 0 Å². The van der Waals surface area contributed by atoms with Gasteiger partial charge in [0, 0.05) is 15.0 Å². The lowest BCUT2D eigenvalue weighted by Crippen LogP contribution is -2.07. The van der Waals surface area contributed by atoms with Crippen molar-refractivity contribution in [2.75, 3.05) is 12.4 Å². The molecule has 0 aliphatic carbocycles. The summed E-state index contributed by atoms with van der Waals surface area (Å²) in [6.45, 7) is 2.08. The van der Waals surface area contributed by atoms with E-state index in [9.17, 15) is 4.79 Å². The second kappa shape index (κ2) is 6.21. The van der Waals surface area contributed by atoms with Crippen molar-refractivity contribution in [3.63, 3.8) is 0 Å². The Kier molecular flexibility index (Phi) is 4.61. The minimum Gasteiger partial charge on any atom is -0.465 e. The molecule has 1 unspecified atom stereocenters. The van der Waals surface area contributed by atoms with Crippen molar-refractivity contribution in [2.45, 2.75) is 13.0 Å². The molecule has 0 fully saturated rings. The van der Waals surface area contributed by atoms with E-state index in [0.717, 1.165) is 10.2 Å². The van der Waals surface area contributed by atoms with Gasteiger partial charge in [0.2, 0.25) is 0 Å².